The molecule has 1 saturated heterocycles. The van der Waals surface area contributed by atoms with E-state index >= 15 is 0 Å². The zero-order chi connectivity index (χ0) is 12.8. The van der Waals surface area contributed by atoms with Crippen molar-refractivity contribution in [2.75, 3.05) is 26.2 Å². The molecule has 100 valence electrons. The van der Waals surface area contributed by atoms with Crippen LogP contribution >= 0.6 is 0 Å². The summed E-state index contributed by atoms with van der Waals surface area (Å²) >= 11 is 0. The smallest absolute Gasteiger partial charge is 0.235 e. The number of carbonyl (C=O) groups is 1. The molecule has 0 spiro atoms. The lowest BCUT2D eigenvalue weighted by atomic mass is 10.0. The molecule has 1 heterocycles. The molecule has 0 aromatic carbocycles. The standard InChI is InChI=1S/C13H22N4O/c14-6-7-15-13(18)10-17-8-2-1-3-12(17)9-16-11-4-5-11/h11-12,16H,1-5,7-10H2,(H,15,18). The molecule has 18 heavy (non-hydrogen) atoms. The molecule has 1 aliphatic carbocycles. The maximum Gasteiger partial charge on any atom is 0.235 e. The van der Waals surface area contributed by atoms with Gasteiger partial charge in [0.25, 0.3) is 0 Å². The molecule has 5 nitrogen and oxygen atoms in total. The predicted octanol–water partition coefficient (Wildman–Crippen LogP) is 0.233. The van der Waals surface area contributed by atoms with E-state index < -0.39 is 0 Å². The van der Waals surface area contributed by atoms with Gasteiger partial charge in [0, 0.05) is 18.6 Å². The zero-order valence-electron chi connectivity index (χ0n) is 10.8. The fraction of sp³-hybridized carbons (Fsp3) is 0.846. The number of amides is 1. The lowest BCUT2D eigenvalue weighted by molar-refractivity contribution is -0.122. The first-order valence-electron chi connectivity index (χ1n) is 6.90. The van der Waals surface area contributed by atoms with Crippen molar-refractivity contribution in [1.29, 1.82) is 5.26 Å². The summed E-state index contributed by atoms with van der Waals surface area (Å²) in [5.41, 5.74) is 0. The molecule has 1 aliphatic heterocycles. The fourth-order valence-electron chi connectivity index (χ4n) is 2.47. The van der Waals surface area contributed by atoms with E-state index in [0.717, 1.165) is 19.1 Å². The minimum Gasteiger partial charge on any atom is -0.342 e. The maximum absolute atomic E-state index is 11.6. The summed E-state index contributed by atoms with van der Waals surface area (Å²) < 4.78 is 0. The summed E-state index contributed by atoms with van der Waals surface area (Å²) in [4.78, 5) is 13.9. The maximum atomic E-state index is 11.6. The van der Waals surface area contributed by atoms with Gasteiger partial charge in [-0.2, -0.15) is 5.26 Å². The molecule has 5 heteroatoms. The first-order chi connectivity index (χ1) is 8.79. The van der Waals surface area contributed by atoms with Crippen molar-refractivity contribution in [2.24, 2.45) is 0 Å². The van der Waals surface area contributed by atoms with Crippen molar-refractivity contribution < 1.29 is 4.79 Å². The quantitative estimate of drug-likeness (QED) is 0.662. The van der Waals surface area contributed by atoms with Crippen LogP contribution in [0.5, 0.6) is 0 Å². The monoisotopic (exact) mass is 250 g/mol. The van der Waals surface area contributed by atoms with Gasteiger partial charge in [-0.25, -0.2) is 0 Å². The number of nitrogens with zero attached hydrogens (tertiary/aromatic N) is 2. The van der Waals surface area contributed by atoms with Crippen molar-refractivity contribution in [1.82, 2.24) is 15.5 Å². The second-order valence-electron chi connectivity index (χ2n) is 5.24. The molecule has 0 aromatic heterocycles. The predicted molar refractivity (Wildman–Crippen MR) is 68.9 cm³/mol. The van der Waals surface area contributed by atoms with Crippen molar-refractivity contribution >= 4 is 5.91 Å². The number of hydrogen-bond donors (Lipinski definition) is 2. The van der Waals surface area contributed by atoms with Crippen molar-refractivity contribution in [2.45, 2.75) is 44.2 Å². The van der Waals surface area contributed by atoms with Crippen molar-refractivity contribution in [3.63, 3.8) is 0 Å². The van der Waals surface area contributed by atoms with E-state index in [0.29, 0.717) is 12.6 Å². The van der Waals surface area contributed by atoms with Crippen LogP contribution < -0.4 is 10.6 Å². The number of nitrogens with one attached hydrogen (secondary N) is 2. The van der Waals surface area contributed by atoms with Crippen LogP contribution in [0.2, 0.25) is 0 Å². The molecule has 0 aromatic rings. The van der Waals surface area contributed by atoms with E-state index in [1.807, 2.05) is 6.07 Å². The summed E-state index contributed by atoms with van der Waals surface area (Å²) in [6, 6.07) is 3.13. The van der Waals surface area contributed by atoms with Crippen LogP contribution in [0.1, 0.15) is 32.1 Å². The Kier molecular flexibility index (Phi) is 4.97. The van der Waals surface area contributed by atoms with Crippen LogP contribution in [0.4, 0.5) is 0 Å². The van der Waals surface area contributed by atoms with Gasteiger partial charge in [0.05, 0.1) is 12.6 Å². The molecule has 1 unspecified atom stereocenters. The average Bonchev–Trinajstić information content (AvgIpc) is 3.19. The Labute approximate surface area is 109 Å². The molecule has 2 aliphatic rings. The molecular formula is C13H22N4O. The van der Waals surface area contributed by atoms with E-state index in [1.165, 1.54) is 32.1 Å². The Morgan fingerprint density at radius 2 is 2.17 bits per heavy atom. The Morgan fingerprint density at radius 1 is 1.33 bits per heavy atom. The third kappa shape index (κ3) is 4.28. The highest BCUT2D eigenvalue weighted by Crippen LogP contribution is 2.21. The van der Waals surface area contributed by atoms with Gasteiger partial charge in [-0.15, -0.1) is 0 Å². The molecule has 2 fully saturated rings. The van der Waals surface area contributed by atoms with E-state index in [4.69, 9.17) is 5.26 Å². The molecule has 2 N–H and O–H groups in total. The minimum absolute atomic E-state index is 0.0325. The van der Waals surface area contributed by atoms with E-state index in [9.17, 15) is 4.79 Å². The van der Waals surface area contributed by atoms with Crippen molar-refractivity contribution in [3.05, 3.63) is 0 Å². The Hall–Kier alpha value is -1.12. The third-order valence-electron chi connectivity index (χ3n) is 3.68. The molecule has 0 radical (unpaired) electrons. The summed E-state index contributed by atoms with van der Waals surface area (Å²) in [6.45, 7) is 2.53. The van der Waals surface area contributed by atoms with Gasteiger partial charge in [-0.1, -0.05) is 6.42 Å². The van der Waals surface area contributed by atoms with Crippen LogP contribution in [0.15, 0.2) is 0 Å². The van der Waals surface area contributed by atoms with Gasteiger partial charge in [0.1, 0.15) is 6.54 Å². The molecule has 1 saturated carbocycles. The van der Waals surface area contributed by atoms with Crippen LogP contribution in [0.25, 0.3) is 0 Å². The second-order valence-corrected chi connectivity index (χ2v) is 5.24. The van der Waals surface area contributed by atoms with Gasteiger partial charge in [0.2, 0.25) is 5.91 Å². The van der Waals surface area contributed by atoms with E-state index in [-0.39, 0.29) is 12.5 Å². The second kappa shape index (κ2) is 6.72. The summed E-state index contributed by atoms with van der Waals surface area (Å²) in [5.74, 6) is -0.0325. The van der Waals surface area contributed by atoms with Gasteiger partial charge < -0.3 is 10.6 Å². The third-order valence-corrected chi connectivity index (χ3v) is 3.68. The van der Waals surface area contributed by atoms with Crippen molar-refractivity contribution in [3.8, 4) is 6.07 Å². The lowest BCUT2D eigenvalue weighted by Gasteiger charge is -2.35. The van der Waals surface area contributed by atoms with Crippen LogP contribution in [0.3, 0.4) is 0 Å². The normalized spacial score (nSPS) is 24.5. The van der Waals surface area contributed by atoms with Gasteiger partial charge in [-0.3, -0.25) is 9.69 Å². The average molecular weight is 250 g/mol. The van der Waals surface area contributed by atoms with E-state index in [1.54, 1.807) is 0 Å². The first kappa shape index (κ1) is 13.3. The topological polar surface area (TPSA) is 68.2 Å². The van der Waals surface area contributed by atoms with Gasteiger partial charge in [-0.05, 0) is 32.2 Å². The number of piperidine rings is 1. The summed E-state index contributed by atoms with van der Waals surface area (Å²) in [5, 5.41) is 14.6. The Bertz CT molecular complexity index is 321. The highest BCUT2D eigenvalue weighted by molar-refractivity contribution is 5.78. The van der Waals surface area contributed by atoms with Gasteiger partial charge >= 0.3 is 0 Å². The Morgan fingerprint density at radius 3 is 2.89 bits per heavy atom. The zero-order valence-corrected chi connectivity index (χ0v) is 10.8. The molecule has 1 atom stereocenters. The highest BCUT2D eigenvalue weighted by Gasteiger charge is 2.27. The molecular weight excluding hydrogens is 228 g/mol. The number of nitriles is 1. The number of carbonyl (C=O) groups excluding carboxylic acids is 1. The van der Waals surface area contributed by atoms with E-state index in [2.05, 4.69) is 15.5 Å². The number of rotatable bonds is 6. The fourth-order valence-corrected chi connectivity index (χ4v) is 2.47. The summed E-state index contributed by atoms with van der Waals surface area (Å²) in [7, 11) is 0. The molecule has 0 bridgehead atoms. The van der Waals surface area contributed by atoms with Crippen LogP contribution in [-0.4, -0.2) is 49.1 Å². The number of hydrogen-bond acceptors (Lipinski definition) is 4. The largest absolute Gasteiger partial charge is 0.342 e. The van der Waals surface area contributed by atoms with Gasteiger partial charge in [0.15, 0.2) is 0 Å². The minimum atomic E-state index is -0.0325. The summed E-state index contributed by atoms with van der Waals surface area (Å²) in [6.07, 6.45) is 6.20. The lowest BCUT2D eigenvalue weighted by Crippen LogP contribution is -2.49. The number of likely N-dealkylation sites (tertiary alicyclic amines) is 1. The molecule has 2 rings (SSSR count). The Balaban J connectivity index is 1.75. The highest BCUT2D eigenvalue weighted by atomic mass is 16.2. The molecule has 1 amide bonds. The SMILES string of the molecule is N#CCNC(=O)CN1CCCCC1CNC1CC1. The van der Waals surface area contributed by atoms with Crippen LogP contribution in [-0.2, 0) is 4.79 Å². The first-order valence-corrected chi connectivity index (χ1v) is 6.90. The van der Waals surface area contributed by atoms with Crippen LogP contribution in [0, 0.1) is 11.3 Å².